The van der Waals surface area contributed by atoms with Crippen molar-refractivity contribution in [3.05, 3.63) is 33.9 Å². The first kappa shape index (κ1) is 16.1. The second kappa shape index (κ2) is 7.14. The van der Waals surface area contributed by atoms with Crippen molar-refractivity contribution < 1.29 is 4.92 Å². The monoisotopic (exact) mass is 322 g/mol. The van der Waals surface area contributed by atoms with Gasteiger partial charge in [0.1, 0.15) is 5.69 Å². The molecule has 0 spiro atoms. The number of hydrogen-bond acceptors (Lipinski definition) is 6. The van der Waals surface area contributed by atoms with Crippen LogP contribution < -0.4 is 16.1 Å². The first-order chi connectivity index (χ1) is 10.5. The maximum atomic E-state index is 11.3. The molecule has 1 aliphatic heterocycles. The Morgan fingerprint density at radius 1 is 1.45 bits per heavy atom. The van der Waals surface area contributed by atoms with Crippen LogP contribution in [0.2, 0.25) is 0 Å². The third kappa shape index (κ3) is 4.12. The summed E-state index contributed by atoms with van der Waals surface area (Å²) in [6, 6.07) is 5.04. The highest BCUT2D eigenvalue weighted by atomic mass is 32.1. The van der Waals surface area contributed by atoms with Crippen LogP contribution in [0.4, 0.5) is 11.4 Å². The van der Waals surface area contributed by atoms with Gasteiger partial charge < -0.3 is 15.5 Å². The minimum absolute atomic E-state index is 0.0415. The number of benzene rings is 1. The molecule has 0 atom stereocenters. The number of hydrogen-bond donors (Lipinski definition) is 2. The summed E-state index contributed by atoms with van der Waals surface area (Å²) >= 11 is 4.63. The van der Waals surface area contributed by atoms with Gasteiger partial charge in [0.05, 0.1) is 11.1 Å². The minimum Gasteiger partial charge on any atom is -0.375 e. The Bertz CT molecular complexity index is 598. The summed E-state index contributed by atoms with van der Waals surface area (Å²) in [5.41, 5.74) is 8.99. The topological polar surface area (TPSA) is 100 Å². The minimum atomic E-state index is -0.369. The lowest BCUT2D eigenvalue weighted by atomic mass is 10.1. The van der Waals surface area contributed by atoms with E-state index >= 15 is 0 Å². The SMILES string of the molecule is CN1CCN(c2ccc(C=NNC(N)=S)cc2[N+](=O)[O-])CC1. The summed E-state index contributed by atoms with van der Waals surface area (Å²) in [6.07, 6.45) is 1.44. The van der Waals surface area contributed by atoms with Gasteiger partial charge >= 0.3 is 0 Å². The van der Waals surface area contributed by atoms with Crippen LogP contribution in [0, 0.1) is 10.1 Å². The maximum absolute atomic E-state index is 11.3. The summed E-state index contributed by atoms with van der Waals surface area (Å²) in [5.74, 6) is 0. The summed E-state index contributed by atoms with van der Waals surface area (Å²) in [6.45, 7) is 3.32. The van der Waals surface area contributed by atoms with Crippen molar-refractivity contribution in [2.75, 3.05) is 38.1 Å². The first-order valence-corrected chi connectivity index (χ1v) is 7.18. The summed E-state index contributed by atoms with van der Waals surface area (Å²) < 4.78 is 0. The van der Waals surface area contributed by atoms with Crippen molar-refractivity contribution in [3.63, 3.8) is 0 Å². The molecule has 0 amide bonds. The Balaban J connectivity index is 2.22. The van der Waals surface area contributed by atoms with Gasteiger partial charge in [-0.2, -0.15) is 5.10 Å². The van der Waals surface area contributed by atoms with Gasteiger partial charge in [-0.3, -0.25) is 15.5 Å². The van der Waals surface area contributed by atoms with E-state index in [-0.39, 0.29) is 15.7 Å². The number of piperazine rings is 1. The number of anilines is 1. The molecule has 0 aliphatic carbocycles. The Morgan fingerprint density at radius 2 is 2.14 bits per heavy atom. The Morgan fingerprint density at radius 3 is 2.73 bits per heavy atom. The van der Waals surface area contributed by atoms with Crippen LogP contribution >= 0.6 is 12.2 Å². The molecule has 0 saturated carbocycles. The normalized spacial score (nSPS) is 16.0. The molecular formula is C13H18N6O2S. The number of nitrogens with zero attached hydrogens (tertiary/aromatic N) is 4. The quantitative estimate of drug-likeness (QED) is 0.360. The molecular weight excluding hydrogens is 304 g/mol. The Hall–Kier alpha value is -2.26. The van der Waals surface area contributed by atoms with Crippen molar-refractivity contribution in [1.82, 2.24) is 10.3 Å². The van der Waals surface area contributed by atoms with Gasteiger partial charge in [0, 0.05) is 37.8 Å². The molecule has 2 rings (SSSR count). The molecule has 0 bridgehead atoms. The molecule has 1 heterocycles. The van der Waals surface area contributed by atoms with E-state index in [4.69, 9.17) is 5.73 Å². The van der Waals surface area contributed by atoms with E-state index in [0.717, 1.165) is 26.2 Å². The summed E-state index contributed by atoms with van der Waals surface area (Å²) in [7, 11) is 2.04. The van der Waals surface area contributed by atoms with Gasteiger partial charge in [0.2, 0.25) is 0 Å². The van der Waals surface area contributed by atoms with Gasteiger partial charge in [0.25, 0.3) is 5.69 Å². The maximum Gasteiger partial charge on any atom is 0.293 e. The predicted octanol–water partition coefficient (Wildman–Crippen LogP) is 0.514. The molecule has 1 saturated heterocycles. The van der Waals surface area contributed by atoms with Gasteiger partial charge in [-0.1, -0.05) is 6.07 Å². The number of likely N-dealkylation sites (N-methyl/N-ethyl adjacent to an activating group) is 1. The fraction of sp³-hybridized carbons (Fsp3) is 0.385. The average Bonchev–Trinajstić information content (AvgIpc) is 2.47. The van der Waals surface area contributed by atoms with Crippen molar-refractivity contribution >= 4 is 34.9 Å². The zero-order chi connectivity index (χ0) is 16.1. The van der Waals surface area contributed by atoms with Crippen LogP contribution in [0.3, 0.4) is 0 Å². The summed E-state index contributed by atoms with van der Waals surface area (Å²) in [5, 5.41) is 15.2. The van der Waals surface area contributed by atoms with Crippen LogP contribution in [-0.4, -0.2) is 54.4 Å². The molecule has 1 aliphatic rings. The first-order valence-electron chi connectivity index (χ1n) is 6.78. The summed E-state index contributed by atoms with van der Waals surface area (Å²) in [4.78, 5) is 15.2. The predicted molar refractivity (Wildman–Crippen MR) is 90.3 cm³/mol. The number of thiocarbonyl (C=S) groups is 1. The van der Waals surface area contributed by atoms with E-state index in [9.17, 15) is 10.1 Å². The van der Waals surface area contributed by atoms with Crippen LogP contribution in [0.5, 0.6) is 0 Å². The average molecular weight is 322 g/mol. The van der Waals surface area contributed by atoms with Crippen LogP contribution in [-0.2, 0) is 0 Å². The fourth-order valence-corrected chi connectivity index (χ4v) is 2.30. The molecule has 0 unspecified atom stereocenters. The molecule has 118 valence electrons. The molecule has 22 heavy (non-hydrogen) atoms. The third-order valence-corrected chi connectivity index (χ3v) is 3.52. The standard InChI is InChI=1S/C13H18N6O2S/c1-17-4-6-18(7-5-17)11-3-2-10(8-12(11)19(20)21)9-15-16-13(14)22/h2-3,8-9H,4-7H2,1H3,(H3,14,16,22). The number of nitro groups is 1. The number of nitrogens with one attached hydrogen (secondary N) is 1. The van der Waals surface area contributed by atoms with Gasteiger partial charge in [-0.05, 0) is 25.3 Å². The molecule has 3 N–H and O–H groups in total. The molecule has 9 heteroatoms. The zero-order valence-electron chi connectivity index (χ0n) is 12.2. The van der Waals surface area contributed by atoms with Crippen LogP contribution in [0.25, 0.3) is 0 Å². The van der Waals surface area contributed by atoms with Crippen molar-refractivity contribution in [3.8, 4) is 0 Å². The van der Waals surface area contributed by atoms with Gasteiger partial charge in [-0.15, -0.1) is 0 Å². The van der Waals surface area contributed by atoms with Crippen molar-refractivity contribution in [1.29, 1.82) is 0 Å². The van der Waals surface area contributed by atoms with E-state index in [0.29, 0.717) is 11.3 Å². The number of nitrogens with two attached hydrogens (primary N) is 1. The lowest BCUT2D eigenvalue weighted by Crippen LogP contribution is -2.44. The third-order valence-electron chi connectivity index (χ3n) is 3.43. The molecule has 0 radical (unpaired) electrons. The lowest BCUT2D eigenvalue weighted by Gasteiger charge is -2.33. The molecule has 0 aromatic heterocycles. The van der Waals surface area contributed by atoms with Crippen LogP contribution in [0.15, 0.2) is 23.3 Å². The molecule has 1 fully saturated rings. The van der Waals surface area contributed by atoms with E-state index in [2.05, 4.69) is 27.6 Å². The molecule has 1 aromatic rings. The highest BCUT2D eigenvalue weighted by Crippen LogP contribution is 2.29. The molecule has 8 nitrogen and oxygen atoms in total. The van der Waals surface area contributed by atoms with Gasteiger partial charge in [-0.25, -0.2) is 0 Å². The fourth-order valence-electron chi connectivity index (χ4n) is 2.25. The Kier molecular flexibility index (Phi) is 5.23. The smallest absolute Gasteiger partial charge is 0.293 e. The second-order valence-electron chi connectivity index (χ2n) is 5.03. The highest BCUT2D eigenvalue weighted by molar-refractivity contribution is 7.80. The second-order valence-corrected chi connectivity index (χ2v) is 5.47. The van der Waals surface area contributed by atoms with Crippen molar-refractivity contribution in [2.45, 2.75) is 0 Å². The van der Waals surface area contributed by atoms with Crippen molar-refractivity contribution in [2.24, 2.45) is 10.8 Å². The largest absolute Gasteiger partial charge is 0.375 e. The zero-order valence-corrected chi connectivity index (χ0v) is 13.0. The van der Waals surface area contributed by atoms with E-state index in [1.807, 2.05) is 11.9 Å². The van der Waals surface area contributed by atoms with E-state index in [1.54, 1.807) is 12.1 Å². The Labute approximate surface area is 133 Å². The number of hydrazone groups is 1. The number of rotatable bonds is 4. The van der Waals surface area contributed by atoms with Crippen LogP contribution in [0.1, 0.15) is 5.56 Å². The van der Waals surface area contributed by atoms with E-state index < -0.39 is 0 Å². The van der Waals surface area contributed by atoms with Gasteiger partial charge in [0.15, 0.2) is 5.11 Å². The lowest BCUT2D eigenvalue weighted by molar-refractivity contribution is -0.384. The van der Waals surface area contributed by atoms with E-state index in [1.165, 1.54) is 12.3 Å². The number of nitro benzene ring substituents is 1. The highest BCUT2D eigenvalue weighted by Gasteiger charge is 2.22. The molecule has 1 aromatic carbocycles.